The van der Waals surface area contributed by atoms with Gasteiger partial charge in [0.1, 0.15) is 12.7 Å². The molecule has 2 atom stereocenters. The number of hydrogen-bond acceptors (Lipinski definition) is 5. The Balaban J connectivity index is 1.37. The minimum atomic E-state index is -4.50. The van der Waals surface area contributed by atoms with Gasteiger partial charge >= 0.3 is 6.18 Å². The lowest BCUT2D eigenvalue weighted by Crippen LogP contribution is -2.35. The number of anilines is 1. The number of halogens is 3. The highest BCUT2D eigenvalue weighted by Gasteiger charge is 2.34. The molecule has 1 aliphatic rings. The Hall–Kier alpha value is -3.34. The van der Waals surface area contributed by atoms with E-state index in [0.29, 0.717) is 4.90 Å². The highest BCUT2D eigenvalue weighted by atomic mass is 32.2. The molecule has 0 spiro atoms. The zero-order valence-electron chi connectivity index (χ0n) is 16.8. The van der Waals surface area contributed by atoms with Gasteiger partial charge in [-0.05, 0) is 42.8 Å². The van der Waals surface area contributed by atoms with E-state index in [0.717, 1.165) is 35.1 Å². The molecule has 0 fully saturated rings. The van der Waals surface area contributed by atoms with E-state index in [1.165, 1.54) is 12.4 Å². The summed E-state index contributed by atoms with van der Waals surface area (Å²) >= 11 is 1.08. The van der Waals surface area contributed by atoms with Crippen LogP contribution in [0.15, 0.2) is 60.0 Å². The molecule has 0 saturated heterocycles. The minimum Gasteiger partial charge on any atom is -0.350 e. The van der Waals surface area contributed by atoms with E-state index in [1.54, 1.807) is 11.0 Å². The van der Waals surface area contributed by atoms with Crippen molar-refractivity contribution in [3.8, 4) is 5.69 Å². The monoisotopic (exact) mass is 461 g/mol. The van der Waals surface area contributed by atoms with Crippen molar-refractivity contribution in [1.29, 1.82) is 0 Å². The molecule has 0 saturated carbocycles. The summed E-state index contributed by atoms with van der Waals surface area (Å²) in [5.41, 5.74) is 0.963. The number of rotatable bonds is 5. The summed E-state index contributed by atoms with van der Waals surface area (Å²) in [5, 5.41) is 8.65. The third kappa shape index (κ3) is 4.77. The van der Waals surface area contributed by atoms with Gasteiger partial charge in [0.15, 0.2) is 0 Å². The highest BCUT2D eigenvalue weighted by molar-refractivity contribution is 8.01. The zero-order chi connectivity index (χ0) is 22.9. The van der Waals surface area contributed by atoms with E-state index in [-0.39, 0.29) is 24.1 Å². The number of amides is 2. The van der Waals surface area contributed by atoms with E-state index >= 15 is 0 Å². The quantitative estimate of drug-likeness (QED) is 0.600. The molecule has 4 rings (SSSR count). The Morgan fingerprint density at radius 3 is 2.66 bits per heavy atom. The first-order chi connectivity index (χ1) is 15.2. The van der Waals surface area contributed by atoms with Crippen LogP contribution in [0.25, 0.3) is 5.69 Å². The fourth-order valence-electron chi connectivity index (χ4n) is 3.27. The van der Waals surface area contributed by atoms with Crippen molar-refractivity contribution in [3.05, 3.63) is 66.2 Å². The summed E-state index contributed by atoms with van der Waals surface area (Å²) in [6.45, 7) is 1.82. The van der Waals surface area contributed by atoms with Crippen molar-refractivity contribution in [2.24, 2.45) is 0 Å². The largest absolute Gasteiger partial charge is 0.416 e. The third-order valence-electron chi connectivity index (χ3n) is 4.95. The fraction of sp³-hybridized carbons (Fsp3) is 0.238. The molecule has 3 aromatic rings. The number of fused-ring (bicyclic) bond motifs is 1. The number of aromatic nitrogens is 3. The predicted octanol–water partition coefficient (Wildman–Crippen LogP) is 3.97. The van der Waals surface area contributed by atoms with Crippen LogP contribution in [0.2, 0.25) is 0 Å². The molecule has 2 amide bonds. The first-order valence-electron chi connectivity index (χ1n) is 9.64. The topological polar surface area (TPSA) is 88.9 Å². The van der Waals surface area contributed by atoms with Crippen LogP contribution in [0, 0.1) is 0 Å². The lowest BCUT2D eigenvalue weighted by atomic mass is 10.1. The molecular weight excluding hydrogens is 443 g/mol. The van der Waals surface area contributed by atoms with Crippen molar-refractivity contribution in [1.82, 2.24) is 20.1 Å². The summed E-state index contributed by atoms with van der Waals surface area (Å²) in [6, 6.07) is 10.3. The smallest absolute Gasteiger partial charge is 0.350 e. The lowest BCUT2D eigenvalue weighted by molar-refractivity contribution is -0.137. The van der Waals surface area contributed by atoms with Gasteiger partial charge < -0.3 is 10.6 Å². The van der Waals surface area contributed by atoms with Crippen LogP contribution in [0.4, 0.5) is 18.9 Å². The summed E-state index contributed by atoms with van der Waals surface area (Å²) in [4.78, 5) is 29.3. The van der Waals surface area contributed by atoms with Crippen molar-refractivity contribution in [2.45, 2.75) is 35.7 Å². The van der Waals surface area contributed by atoms with Crippen LogP contribution in [0.5, 0.6) is 0 Å². The van der Waals surface area contributed by atoms with Gasteiger partial charge in [0.05, 0.1) is 28.2 Å². The maximum Gasteiger partial charge on any atom is 0.416 e. The average Bonchev–Trinajstić information content (AvgIpc) is 3.28. The summed E-state index contributed by atoms with van der Waals surface area (Å²) in [5.74, 6) is -0.831. The summed E-state index contributed by atoms with van der Waals surface area (Å²) < 4.78 is 40.3. The van der Waals surface area contributed by atoms with Crippen LogP contribution in [-0.2, 0) is 15.8 Å². The second-order valence-corrected chi connectivity index (χ2v) is 8.47. The number of thioether (sulfide) groups is 1. The van der Waals surface area contributed by atoms with Crippen molar-refractivity contribution in [2.75, 3.05) is 5.32 Å². The normalized spacial score (nSPS) is 16.8. The molecule has 0 unspecified atom stereocenters. The van der Waals surface area contributed by atoms with Gasteiger partial charge in [-0.15, -0.1) is 11.8 Å². The van der Waals surface area contributed by atoms with Gasteiger partial charge in [0, 0.05) is 11.3 Å². The van der Waals surface area contributed by atoms with Gasteiger partial charge in [-0.1, -0.05) is 12.1 Å². The van der Waals surface area contributed by atoms with Gasteiger partial charge in [0.25, 0.3) is 0 Å². The maximum absolute atomic E-state index is 12.9. The van der Waals surface area contributed by atoms with Crippen LogP contribution >= 0.6 is 11.8 Å². The molecule has 2 aromatic carbocycles. The van der Waals surface area contributed by atoms with Gasteiger partial charge in [-0.2, -0.15) is 18.3 Å². The van der Waals surface area contributed by atoms with E-state index in [2.05, 4.69) is 20.7 Å². The standard InChI is InChI=1S/C21H18F3N5O2S/c1-12(13-2-5-15(6-3-13)29-11-25-10-26-29)27-19(30)9-18-20(31)28-16-8-14(21(22,23)24)4-7-17(16)32-18/h2-8,10-12,18H,9H2,1H3,(H,27,30)(H,28,31)/t12-,18-/m1/s1. The average molecular weight is 461 g/mol. The molecule has 2 heterocycles. The van der Waals surface area contributed by atoms with E-state index in [9.17, 15) is 22.8 Å². The molecule has 166 valence electrons. The van der Waals surface area contributed by atoms with Gasteiger partial charge in [-0.3, -0.25) is 9.59 Å². The molecule has 0 aliphatic carbocycles. The molecule has 11 heteroatoms. The van der Waals surface area contributed by atoms with Crippen LogP contribution in [0.1, 0.15) is 30.5 Å². The van der Waals surface area contributed by atoms with Crippen molar-refractivity contribution in [3.63, 3.8) is 0 Å². The van der Waals surface area contributed by atoms with Crippen molar-refractivity contribution >= 4 is 29.3 Å². The molecule has 32 heavy (non-hydrogen) atoms. The van der Waals surface area contributed by atoms with Crippen LogP contribution in [0.3, 0.4) is 0 Å². The number of nitrogens with zero attached hydrogens (tertiary/aromatic N) is 3. The maximum atomic E-state index is 12.9. The Morgan fingerprint density at radius 2 is 2.00 bits per heavy atom. The Bertz CT molecular complexity index is 1130. The Kier molecular flexibility index (Phi) is 5.92. The second kappa shape index (κ2) is 8.65. The SMILES string of the molecule is C[C@@H](NC(=O)C[C@H]1Sc2ccc(C(F)(F)F)cc2NC1=O)c1ccc(-n2cncn2)cc1. The molecule has 2 N–H and O–H groups in total. The zero-order valence-corrected chi connectivity index (χ0v) is 17.6. The highest BCUT2D eigenvalue weighted by Crippen LogP contribution is 2.40. The Labute approximate surface area is 185 Å². The number of hydrogen-bond donors (Lipinski definition) is 2. The summed E-state index contributed by atoms with van der Waals surface area (Å²) in [6.07, 6.45) is -1.58. The second-order valence-electron chi connectivity index (χ2n) is 7.23. The predicted molar refractivity (Wildman–Crippen MR) is 112 cm³/mol. The first kappa shape index (κ1) is 21.9. The molecule has 1 aliphatic heterocycles. The number of nitrogens with one attached hydrogen (secondary N) is 2. The van der Waals surface area contributed by atoms with E-state index < -0.39 is 22.9 Å². The number of benzene rings is 2. The number of carbonyl (C=O) groups excluding carboxylic acids is 2. The number of carbonyl (C=O) groups is 2. The van der Waals surface area contributed by atoms with Gasteiger partial charge in [-0.25, -0.2) is 9.67 Å². The first-order valence-corrected chi connectivity index (χ1v) is 10.5. The lowest BCUT2D eigenvalue weighted by Gasteiger charge is -2.25. The molecule has 0 bridgehead atoms. The fourth-order valence-corrected chi connectivity index (χ4v) is 4.36. The molecule has 1 aromatic heterocycles. The van der Waals surface area contributed by atoms with Crippen molar-refractivity contribution < 1.29 is 22.8 Å². The minimum absolute atomic E-state index is 0.0989. The van der Waals surface area contributed by atoms with E-state index in [4.69, 9.17) is 0 Å². The third-order valence-corrected chi connectivity index (χ3v) is 6.23. The van der Waals surface area contributed by atoms with E-state index in [1.807, 2.05) is 31.2 Å². The molecular formula is C21H18F3N5O2S. The Morgan fingerprint density at radius 1 is 1.25 bits per heavy atom. The summed E-state index contributed by atoms with van der Waals surface area (Å²) in [7, 11) is 0. The van der Waals surface area contributed by atoms with Crippen LogP contribution in [-0.4, -0.2) is 31.8 Å². The van der Waals surface area contributed by atoms with Gasteiger partial charge in [0.2, 0.25) is 11.8 Å². The molecule has 0 radical (unpaired) electrons. The number of alkyl halides is 3. The van der Waals surface area contributed by atoms with Crippen LogP contribution < -0.4 is 10.6 Å². The molecule has 7 nitrogen and oxygen atoms in total.